The first-order valence-corrected chi connectivity index (χ1v) is 6.52. The van der Waals surface area contributed by atoms with E-state index in [0.717, 1.165) is 17.0 Å². The van der Waals surface area contributed by atoms with Crippen molar-refractivity contribution < 1.29 is 18.4 Å². The van der Waals surface area contributed by atoms with E-state index in [1.54, 1.807) is 13.8 Å². The molecule has 0 spiro atoms. The second-order valence-electron chi connectivity index (χ2n) is 4.80. The molecule has 4 nitrogen and oxygen atoms in total. The van der Waals surface area contributed by atoms with Crippen molar-refractivity contribution in [2.45, 2.75) is 32.2 Å². The number of benzene rings is 1. The highest BCUT2D eigenvalue weighted by Crippen LogP contribution is 2.30. The van der Waals surface area contributed by atoms with Crippen molar-refractivity contribution in [3.63, 3.8) is 0 Å². The normalized spacial score (nSPS) is 18.1. The number of rotatable bonds is 3. The summed E-state index contributed by atoms with van der Waals surface area (Å²) in [5.74, 6) is -2.61. The van der Waals surface area contributed by atoms with E-state index in [1.807, 2.05) is 0 Å². The van der Waals surface area contributed by atoms with Gasteiger partial charge in [-0.2, -0.15) is 0 Å². The first kappa shape index (κ1) is 14.4. The summed E-state index contributed by atoms with van der Waals surface area (Å²) < 4.78 is 27.7. The minimum atomic E-state index is -1.09. The molecule has 1 heterocycles. The number of amides is 2. The largest absolute Gasteiger partial charge is 0.340 e. The Hall–Kier alpha value is -1.98. The highest BCUT2D eigenvalue weighted by atomic mass is 19.1. The van der Waals surface area contributed by atoms with Gasteiger partial charge in [0.1, 0.15) is 29.4 Å². The fourth-order valence-electron chi connectivity index (χ4n) is 2.49. The number of carbonyl (C=O) groups excluding carboxylic acids is 2. The number of nitrogens with zero attached hydrogens (tertiary/aromatic N) is 1. The zero-order chi connectivity index (χ0) is 14.9. The molecule has 1 aromatic carbocycles. The second-order valence-corrected chi connectivity index (χ2v) is 4.80. The van der Waals surface area contributed by atoms with Gasteiger partial charge >= 0.3 is 0 Å². The van der Waals surface area contributed by atoms with E-state index >= 15 is 0 Å². The van der Waals surface area contributed by atoms with Gasteiger partial charge in [-0.25, -0.2) is 8.78 Å². The van der Waals surface area contributed by atoms with Crippen LogP contribution < -0.4 is 10.2 Å². The third kappa shape index (κ3) is 2.15. The van der Waals surface area contributed by atoms with Gasteiger partial charge in [0.25, 0.3) is 5.91 Å². The predicted octanol–water partition coefficient (Wildman–Crippen LogP) is 1.99. The molecule has 6 heteroatoms. The lowest BCUT2D eigenvalue weighted by Crippen LogP contribution is -2.66. The van der Waals surface area contributed by atoms with Crippen LogP contribution >= 0.6 is 0 Å². The first-order chi connectivity index (χ1) is 9.45. The molecular formula is C14H16F2N2O2. The lowest BCUT2D eigenvalue weighted by atomic mass is 9.88. The molecule has 1 N–H and O–H groups in total. The highest BCUT2D eigenvalue weighted by Gasteiger charge is 2.45. The summed E-state index contributed by atoms with van der Waals surface area (Å²) in [6.45, 7) is 3.13. The van der Waals surface area contributed by atoms with Gasteiger partial charge in [0, 0.05) is 0 Å². The zero-order valence-electron chi connectivity index (χ0n) is 11.4. The van der Waals surface area contributed by atoms with E-state index in [4.69, 9.17) is 0 Å². The molecule has 0 saturated carbocycles. The zero-order valence-corrected chi connectivity index (χ0v) is 11.4. The van der Waals surface area contributed by atoms with Crippen molar-refractivity contribution in [1.82, 2.24) is 5.32 Å². The van der Waals surface area contributed by atoms with Crippen molar-refractivity contribution in [2.75, 3.05) is 11.4 Å². The molecule has 20 heavy (non-hydrogen) atoms. The number of nitrogens with one attached hydrogen (secondary N) is 1. The predicted molar refractivity (Wildman–Crippen MR) is 70.2 cm³/mol. The summed E-state index contributed by atoms with van der Waals surface area (Å²) in [5, 5.41) is 2.64. The molecule has 0 bridgehead atoms. The van der Waals surface area contributed by atoms with Crippen LogP contribution in [0.15, 0.2) is 18.2 Å². The minimum absolute atomic E-state index is 0.362. The molecule has 2 amide bonds. The Balaban J connectivity index is 2.51. The lowest BCUT2D eigenvalue weighted by Gasteiger charge is -2.41. The number of piperazine rings is 1. The maximum absolute atomic E-state index is 13.8. The molecule has 108 valence electrons. The monoisotopic (exact) mass is 282 g/mol. The SMILES string of the molecule is CCC1(CC)NC(=O)CN(c2c(F)cccc2F)C1=O. The van der Waals surface area contributed by atoms with Crippen LogP contribution in [-0.2, 0) is 9.59 Å². The topological polar surface area (TPSA) is 49.4 Å². The van der Waals surface area contributed by atoms with Gasteiger partial charge in [0.05, 0.1) is 0 Å². The molecule has 1 saturated heterocycles. The summed E-state index contributed by atoms with van der Waals surface area (Å²) in [6.07, 6.45) is 0.724. The molecule has 1 aliphatic heterocycles. The van der Waals surface area contributed by atoms with Gasteiger partial charge in [-0.15, -0.1) is 0 Å². The second kappa shape index (κ2) is 5.19. The van der Waals surface area contributed by atoms with Crippen LogP contribution in [-0.4, -0.2) is 23.9 Å². The molecule has 1 fully saturated rings. The van der Waals surface area contributed by atoms with Gasteiger partial charge in [-0.1, -0.05) is 19.9 Å². The third-order valence-corrected chi connectivity index (χ3v) is 3.75. The van der Waals surface area contributed by atoms with Crippen molar-refractivity contribution in [2.24, 2.45) is 0 Å². The number of hydrogen-bond acceptors (Lipinski definition) is 2. The Labute approximate surface area is 115 Å². The summed E-state index contributed by atoms with van der Waals surface area (Å²) >= 11 is 0. The first-order valence-electron chi connectivity index (χ1n) is 6.52. The van der Waals surface area contributed by atoms with Crippen LogP contribution in [0.2, 0.25) is 0 Å². The van der Waals surface area contributed by atoms with E-state index in [0.29, 0.717) is 12.8 Å². The molecule has 0 radical (unpaired) electrons. The summed E-state index contributed by atoms with van der Waals surface area (Å²) in [6, 6.07) is 3.35. The van der Waals surface area contributed by atoms with Gasteiger partial charge in [-0.05, 0) is 25.0 Å². The molecule has 0 atom stereocenters. The summed E-state index contributed by atoms with van der Waals surface area (Å²) in [7, 11) is 0. The summed E-state index contributed by atoms with van der Waals surface area (Å²) in [4.78, 5) is 25.2. The number of carbonyl (C=O) groups is 2. The van der Waals surface area contributed by atoms with Crippen molar-refractivity contribution in [3.8, 4) is 0 Å². The van der Waals surface area contributed by atoms with Crippen LogP contribution in [0.4, 0.5) is 14.5 Å². The minimum Gasteiger partial charge on any atom is -0.340 e. The Morgan fingerprint density at radius 3 is 2.25 bits per heavy atom. The van der Waals surface area contributed by atoms with Crippen LogP contribution in [0.1, 0.15) is 26.7 Å². The van der Waals surface area contributed by atoms with Crippen molar-refractivity contribution in [1.29, 1.82) is 0 Å². The maximum Gasteiger partial charge on any atom is 0.253 e. The lowest BCUT2D eigenvalue weighted by molar-refractivity contribution is -0.136. The fourth-order valence-corrected chi connectivity index (χ4v) is 2.49. The van der Waals surface area contributed by atoms with Crippen molar-refractivity contribution in [3.05, 3.63) is 29.8 Å². The third-order valence-electron chi connectivity index (χ3n) is 3.75. The molecule has 0 unspecified atom stereocenters. The molecule has 0 aromatic heterocycles. The number of halogens is 2. The van der Waals surface area contributed by atoms with E-state index in [1.165, 1.54) is 6.07 Å². The van der Waals surface area contributed by atoms with Gasteiger partial charge in [0.2, 0.25) is 5.91 Å². The number of para-hydroxylation sites is 1. The standard InChI is InChI=1S/C14H16F2N2O2/c1-3-14(4-2)13(20)18(8-11(19)17-14)12-9(15)6-5-7-10(12)16/h5-7H,3-4,8H2,1-2H3,(H,17,19). The van der Waals surface area contributed by atoms with E-state index < -0.39 is 34.7 Å². The molecule has 1 aliphatic rings. The van der Waals surface area contributed by atoms with Gasteiger partial charge < -0.3 is 5.32 Å². The highest BCUT2D eigenvalue weighted by molar-refractivity contribution is 6.09. The molecule has 1 aromatic rings. The Morgan fingerprint density at radius 1 is 1.20 bits per heavy atom. The Bertz CT molecular complexity index is 536. The Morgan fingerprint density at radius 2 is 1.75 bits per heavy atom. The average Bonchev–Trinajstić information content (AvgIpc) is 2.42. The van der Waals surface area contributed by atoms with Crippen molar-refractivity contribution >= 4 is 17.5 Å². The number of anilines is 1. The smallest absolute Gasteiger partial charge is 0.253 e. The Kier molecular flexibility index (Phi) is 3.74. The van der Waals surface area contributed by atoms with Crippen LogP contribution in [0.5, 0.6) is 0 Å². The van der Waals surface area contributed by atoms with E-state index in [2.05, 4.69) is 5.32 Å². The van der Waals surface area contributed by atoms with E-state index in [-0.39, 0.29) is 6.54 Å². The maximum atomic E-state index is 13.8. The summed E-state index contributed by atoms with van der Waals surface area (Å²) in [5.41, 5.74) is -1.55. The van der Waals surface area contributed by atoms with Crippen LogP contribution in [0.3, 0.4) is 0 Å². The van der Waals surface area contributed by atoms with Gasteiger partial charge in [-0.3, -0.25) is 14.5 Å². The van der Waals surface area contributed by atoms with E-state index in [9.17, 15) is 18.4 Å². The fraction of sp³-hybridized carbons (Fsp3) is 0.429. The van der Waals surface area contributed by atoms with Crippen LogP contribution in [0, 0.1) is 11.6 Å². The van der Waals surface area contributed by atoms with Crippen LogP contribution in [0.25, 0.3) is 0 Å². The number of hydrogen-bond donors (Lipinski definition) is 1. The average molecular weight is 282 g/mol. The molecule has 2 rings (SSSR count). The molecule has 0 aliphatic carbocycles. The quantitative estimate of drug-likeness (QED) is 0.921. The van der Waals surface area contributed by atoms with Gasteiger partial charge in [0.15, 0.2) is 0 Å². The molecular weight excluding hydrogens is 266 g/mol.